The van der Waals surface area contributed by atoms with Crippen LogP contribution in [0, 0.1) is 5.92 Å². The zero-order valence-corrected chi connectivity index (χ0v) is 12.1. The molecule has 1 heterocycles. The molecule has 1 saturated carbocycles. The summed E-state index contributed by atoms with van der Waals surface area (Å²) in [7, 11) is 0. The summed E-state index contributed by atoms with van der Waals surface area (Å²) >= 11 is 0. The molecule has 2 fully saturated rings. The number of carboxylic acids is 1. The van der Waals surface area contributed by atoms with Crippen LogP contribution in [0.1, 0.15) is 49.7 Å². The fourth-order valence-corrected chi connectivity index (χ4v) is 3.36. The SMILES string of the molecule is C[C@@H]1[C@H](C(=O)O)CCCN1Cc1cccc(C2CC2)c1. The van der Waals surface area contributed by atoms with Crippen molar-refractivity contribution in [1.82, 2.24) is 4.90 Å². The van der Waals surface area contributed by atoms with Crippen LogP contribution in [0.15, 0.2) is 24.3 Å². The van der Waals surface area contributed by atoms with Gasteiger partial charge in [0.1, 0.15) is 0 Å². The van der Waals surface area contributed by atoms with Crippen LogP contribution in [0.5, 0.6) is 0 Å². The summed E-state index contributed by atoms with van der Waals surface area (Å²) in [6, 6.07) is 8.98. The Hall–Kier alpha value is -1.35. The summed E-state index contributed by atoms with van der Waals surface area (Å²) in [5, 5.41) is 9.29. The zero-order chi connectivity index (χ0) is 14.1. The minimum atomic E-state index is -0.645. The molecule has 0 aromatic heterocycles. The molecular formula is C17H23NO2. The van der Waals surface area contributed by atoms with Gasteiger partial charge in [-0.05, 0) is 56.2 Å². The molecule has 1 N–H and O–H groups in total. The van der Waals surface area contributed by atoms with E-state index < -0.39 is 5.97 Å². The minimum absolute atomic E-state index is 0.130. The van der Waals surface area contributed by atoms with Gasteiger partial charge in [-0.25, -0.2) is 0 Å². The van der Waals surface area contributed by atoms with Gasteiger partial charge < -0.3 is 5.11 Å². The highest BCUT2D eigenvalue weighted by molar-refractivity contribution is 5.70. The van der Waals surface area contributed by atoms with Crippen LogP contribution in [0.4, 0.5) is 0 Å². The van der Waals surface area contributed by atoms with E-state index in [4.69, 9.17) is 0 Å². The highest BCUT2D eigenvalue weighted by Crippen LogP contribution is 2.40. The van der Waals surface area contributed by atoms with Crippen LogP contribution in [0.2, 0.25) is 0 Å². The van der Waals surface area contributed by atoms with E-state index in [1.165, 1.54) is 24.0 Å². The number of hydrogen-bond donors (Lipinski definition) is 1. The number of hydrogen-bond acceptors (Lipinski definition) is 2. The fraction of sp³-hybridized carbons (Fsp3) is 0.588. The van der Waals surface area contributed by atoms with Crippen molar-refractivity contribution in [3.05, 3.63) is 35.4 Å². The predicted molar refractivity (Wildman–Crippen MR) is 78.6 cm³/mol. The van der Waals surface area contributed by atoms with E-state index in [0.717, 1.165) is 31.8 Å². The van der Waals surface area contributed by atoms with Crippen molar-refractivity contribution in [3.8, 4) is 0 Å². The van der Waals surface area contributed by atoms with Crippen molar-refractivity contribution in [2.24, 2.45) is 5.92 Å². The average Bonchev–Trinajstić information content (AvgIpc) is 3.25. The lowest BCUT2D eigenvalue weighted by Crippen LogP contribution is -2.45. The molecule has 1 aliphatic heterocycles. The lowest BCUT2D eigenvalue weighted by Gasteiger charge is -2.37. The van der Waals surface area contributed by atoms with Crippen LogP contribution in [0.3, 0.4) is 0 Å². The number of carbonyl (C=O) groups is 1. The molecule has 1 saturated heterocycles. The molecule has 3 rings (SSSR count). The first-order valence-electron chi connectivity index (χ1n) is 7.71. The Kier molecular flexibility index (Phi) is 3.79. The monoisotopic (exact) mass is 273 g/mol. The van der Waals surface area contributed by atoms with Crippen molar-refractivity contribution < 1.29 is 9.90 Å². The van der Waals surface area contributed by atoms with Crippen molar-refractivity contribution >= 4 is 5.97 Å². The van der Waals surface area contributed by atoms with Gasteiger partial charge in [0.25, 0.3) is 0 Å². The molecule has 1 aromatic rings. The molecule has 3 heteroatoms. The molecule has 0 bridgehead atoms. The highest BCUT2D eigenvalue weighted by Gasteiger charge is 2.32. The number of piperidine rings is 1. The van der Waals surface area contributed by atoms with E-state index in [2.05, 4.69) is 36.1 Å². The van der Waals surface area contributed by atoms with Crippen molar-refractivity contribution in [1.29, 1.82) is 0 Å². The highest BCUT2D eigenvalue weighted by atomic mass is 16.4. The van der Waals surface area contributed by atoms with E-state index in [0.29, 0.717) is 0 Å². The first-order chi connectivity index (χ1) is 9.65. The smallest absolute Gasteiger partial charge is 0.308 e. The van der Waals surface area contributed by atoms with E-state index >= 15 is 0 Å². The maximum Gasteiger partial charge on any atom is 0.308 e. The second-order valence-corrected chi connectivity index (χ2v) is 6.32. The van der Waals surface area contributed by atoms with Crippen molar-refractivity contribution in [2.75, 3.05) is 6.54 Å². The van der Waals surface area contributed by atoms with Gasteiger partial charge in [0.15, 0.2) is 0 Å². The summed E-state index contributed by atoms with van der Waals surface area (Å²) in [5.41, 5.74) is 2.79. The molecule has 1 aliphatic carbocycles. The van der Waals surface area contributed by atoms with E-state index in [1.807, 2.05) is 0 Å². The third kappa shape index (κ3) is 2.88. The Morgan fingerprint density at radius 3 is 2.85 bits per heavy atom. The molecule has 3 nitrogen and oxygen atoms in total. The molecule has 2 atom stereocenters. The molecule has 0 radical (unpaired) electrons. The number of nitrogens with zero attached hydrogens (tertiary/aromatic N) is 1. The number of aliphatic carboxylic acids is 1. The Balaban J connectivity index is 1.70. The molecule has 0 amide bonds. The third-order valence-corrected chi connectivity index (χ3v) is 4.82. The number of carboxylic acid groups (broad SMARTS) is 1. The van der Waals surface area contributed by atoms with E-state index in [-0.39, 0.29) is 12.0 Å². The van der Waals surface area contributed by atoms with Crippen LogP contribution in [0.25, 0.3) is 0 Å². The van der Waals surface area contributed by atoms with Crippen LogP contribution in [-0.4, -0.2) is 28.6 Å². The molecule has 0 spiro atoms. The van der Waals surface area contributed by atoms with Crippen LogP contribution in [-0.2, 0) is 11.3 Å². The van der Waals surface area contributed by atoms with Crippen molar-refractivity contribution in [2.45, 2.75) is 51.1 Å². The predicted octanol–water partition coefficient (Wildman–Crippen LogP) is 3.25. The topological polar surface area (TPSA) is 40.5 Å². The summed E-state index contributed by atoms with van der Waals surface area (Å²) in [6.07, 6.45) is 4.45. The Bertz CT molecular complexity index is 496. The van der Waals surface area contributed by atoms with Gasteiger partial charge in [-0.3, -0.25) is 9.69 Å². The Morgan fingerprint density at radius 2 is 2.15 bits per heavy atom. The van der Waals surface area contributed by atoms with E-state index in [9.17, 15) is 9.90 Å². The Labute approximate surface area is 120 Å². The standard InChI is InChI=1S/C17H23NO2/c1-12-16(17(19)20)6-3-9-18(12)11-13-4-2-5-15(10-13)14-7-8-14/h2,4-5,10,12,14,16H,3,6-9,11H2,1H3,(H,19,20)/t12-,16-/m1/s1. The second kappa shape index (κ2) is 5.57. The van der Waals surface area contributed by atoms with Gasteiger partial charge in [0.2, 0.25) is 0 Å². The largest absolute Gasteiger partial charge is 0.481 e. The molecule has 108 valence electrons. The molecule has 0 unspecified atom stereocenters. The number of likely N-dealkylation sites (tertiary alicyclic amines) is 1. The number of benzene rings is 1. The summed E-state index contributed by atoms with van der Waals surface area (Å²) < 4.78 is 0. The lowest BCUT2D eigenvalue weighted by molar-refractivity contribution is -0.145. The summed E-state index contributed by atoms with van der Waals surface area (Å²) in [5.74, 6) is -0.0789. The molecule has 2 aliphatic rings. The first kappa shape index (κ1) is 13.6. The lowest BCUT2D eigenvalue weighted by atomic mass is 9.90. The van der Waals surface area contributed by atoms with Gasteiger partial charge in [-0.2, -0.15) is 0 Å². The quantitative estimate of drug-likeness (QED) is 0.915. The normalized spacial score (nSPS) is 27.4. The maximum atomic E-state index is 11.3. The maximum absolute atomic E-state index is 11.3. The molecule has 20 heavy (non-hydrogen) atoms. The zero-order valence-electron chi connectivity index (χ0n) is 12.1. The second-order valence-electron chi connectivity index (χ2n) is 6.32. The third-order valence-electron chi connectivity index (χ3n) is 4.82. The van der Waals surface area contributed by atoms with Gasteiger partial charge in [-0.1, -0.05) is 24.3 Å². The number of rotatable bonds is 4. The van der Waals surface area contributed by atoms with E-state index in [1.54, 1.807) is 0 Å². The van der Waals surface area contributed by atoms with Gasteiger partial charge >= 0.3 is 5.97 Å². The molecule has 1 aromatic carbocycles. The van der Waals surface area contributed by atoms with Gasteiger partial charge in [0, 0.05) is 12.6 Å². The van der Waals surface area contributed by atoms with Gasteiger partial charge in [0.05, 0.1) is 5.92 Å². The fourth-order valence-electron chi connectivity index (χ4n) is 3.36. The average molecular weight is 273 g/mol. The van der Waals surface area contributed by atoms with Crippen molar-refractivity contribution in [3.63, 3.8) is 0 Å². The summed E-state index contributed by atoms with van der Waals surface area (Å²) in [6.45, 7) is 3.95. The van der Waals surface area contributed by atoms with Gasteiger partial charge in [-0.15, -0.1) is 0 Å². The first-order valence-corrected chi connectivity index (χ1v) is 7.71. The molecular weight excluding hydrogens is 250 g/mol. The summed E-state index contributed by atoms with van der Waals surface area (Å²) in [4.78, 5) is 13.6. The Morgan fingerprint density at radius 1 is 1.35 bits per heavy atom. The van der Waals surface area contributed by atoms with Crippen LogP contribution < -0.4 is 0 Å². The van der Waals surface area contributed by atoms with Crippen LogP contribution >= 0.6 is 0 Å². The minimum Gasteiger partial charge on any atom is -0.481 e.